The van der Waals surface area contributed by atoms with Crippen LogP contribution in [0.15, 0.2) is 30.3 Å². The highest BCUT2D eigenvalue weighted by Crippen LogP contribution is 2.40. The second-order valence-corrected chi connectivity index (χ2v) is 8.91. The fourth-order valence-corrected chi connectivity index (χ4v) is 4.96. The third kappa shape index (κ3) is 5.95. The van der Waals surface area contributed by atoms with Gasteiger partial charge in [0, 0.05) is 17.7 Å². The summed E-state index contributed by atoms with van der Waals surface area (Å²) in [4.78, 5) is 14.4. The summed E-state index contributed by atoms with van der Waals surface area (Å²) in [6.07, 6.45) is 3.80. The Bertz CT molecular complexity index is 976. The number of ether oxygens (including phenoxy) is 4. The van der Waals surface area contributed by atoms with Crippen LogP contribution in [0.4, 0.5) is 0 Å². The molecular weight excluding hydrogens is 434 g/mol. The minimum Gasteiger partial charge on any atom is -0.496 e. The van der Waals surface area contributed by atoms with Crippen molar-refractivity contribution in [3.05, 3.63) is 47.0 Å². The first-order chi connectivity index (χ1) is 16.4. The smallest absolute Gasteiger partial charge is 0.306 e. The first-order valence-electron chi connectivity index (χ1n) is 11.8. The summed E-state index contributed by atoms with van der Waals surface area (Å²) in [6, 6.07) is 9.79. The SMILES string of the molecule is COc1ccc(CCN(C)CCC(C(=O)O)C2CCc3c(OC)ccc(OC)c3C2)cc1OC. The topological polar surface area (TPSA) is 77.5 Å². The van der Waals surface area contributed by atoms with E-state index in [0.717, 1.165) is 66.3 Å². The van der Waals surface area contributed by atoms with Gasteiger partial charge in [-0.2, -0.15) is 0 Å². The minimum absolute atomic E-state index is 0.0743. The summed E-state index contributed by atoms with van der Waals surface area (Å²) in [5.41, 5.74) is 3.39. The van der Waals surface area contributed by atoms with Crippen molar-refractivity contribution in [1.29, 1.82) is 0 Å². The molecule has 0 saturated heterocycles. The van der Waals surface area contributed by atoms with Crippen molar-refractivity contribution in [3.8, 4) is 23.0 Å². The Morgan fingerprint density at radius 3 is 2.18 bits per heavy atom. The van der Waals surface area contributed by atoms with Crippen molar-refractivity contribution in [3.63, 3.8) is 0 Å². The Morgan fingerprint density at radius 2 is 1.56 bits per heavy atom. The third-order valence-corrected chi connectivity index (χ3v) is 6.95. The molecule has 0 aliphatic heterocycles. The summed E-state index contributed by atoms with van der Waals surface area (Å²) in [6.45, 7) is 1.56. The van der Waals surface area contributed by atoms with Crippen molar-refractivity contribution in [2.45, 2.75) is 32.1 Å². The molecule has 7 nitrogen and oxygen atoms in total. The van der Waals surface area contributed by atoms with Crippen molar-refractivity contribution in [2.24, 2.45) is 11.8 Å². The molecule has 1 aliphatic carbocycles. The van der Waals surface area contributed by atoms with Gasteiger partial charge in [-0.3, -0.25) is 4.79 Å². The quantitative estimate of drug-likeness (QED) is 0.500. The maximum absolute atomic E-state index is 12.2. The highest BCUT2D eigenvalue weighted by Gasteiger charge is 2.33. The van der Waals surface area contributed by atoms with Gasteiger partial charge in [0.05, 0.1) is 34.4 Å². The van der Waals surface area contributed by atoms with Gasteiger partial charge in [0.15, 0.2) is 11.5 Å². The van der Waals surface area contributed by atoms with Crippen LogP contribution in [0.3, 0.4) is 0 Å². The van der Waals surface area contributed by atoms with Crippen LogP contribution in [-0.4, -0.2) is 64.6 Å². The molecular formula is C27H37NO6. The van der Waals surface area contributed by atoms with E-state index in [1.165, 1.54) is 0 Å². The van der Waals surface area contributed by atoms with Crippen LogP contribution in [-0.2, 0) is 24.1 Å². The number of aliphatic carboxylic acids is 1. The minimum atomic E-state index is -0.719. The fraction of sp³-hybridized carbons (Fsp3) is 0.519. The molecule has 0 radical (unpaired) electrons. The van der Waals surface area contributed by atoms with Crippen molar-refractivity contribution in [1.82, 2.24) is 4.90 Å². The number of benzene rings is 2. The summed E-state index contributed by atoms with van der Waals surface area (Å²) < 4.78 is 21.8. The number of carboxylic acids is 1. The number of carboxylic acid groups (broad SMARTS) is 1. The fourth-order valence-electron chi connectivity index (χ4n) is 4.96. The molecule has 3 rings (SSSR count). The number of hydrogen-bond donors (Lipinski definition) is 1. The maximum atomic E-state index is 12.2. The lowest BCUT2D eigenvalue weighted by Gasteiger charge is -2.32. The van der Waals surface area contributed by atoms with E-state index in [1.54, 1.807) is 28.4 Å². The van der Waals surface area contributed by atoms with Gasteiger partial charge in [-0.1, -0.05) is 6.07 Å². The molecule has 2 atom stereocenters. The van der Waals surface area contributed by atoms with E-state index in [-0.39, 0.29) is 5.92 Å². The number of hydrogen-bond acceptors (Lipinski definition) is 6. The van der Waals surface area contributed by atoms with Gasteiger partial charge in [0.1, 0.15) is 11.5 Å². The Balaban J connectivity index is 1.60. The Kier molecular flexibility index (Phi) is 9.05. The standard InChI is InChI=1S/C27H37NO6/c1-28(14-12-18-6-9-25(33-4)26(16-18)34-5)15-13-20(27(29)30)19-7-8-21-22(17-19)24(32-3)11-10-23(21)31-2/h6,9-11,16,19-20H,7-8,12-15,17H2,1-5H3,(H,29,30). The van der Waals surface area contributed by atoms with E-state index in [9.17, 15) is 9.90 Å². The van der Waals surface area contributed by atoms with Crippen molar-refractivity contribution >= 4 is 5.97 Å². The van der Waals surface area contributed by atoms with E-state index in [1.807, 2.05) is 37.4 Å². The number of rotatable bonds is 12. The zero-order valence-electron chi connectivity index (χ0n) is 20.9. The first kappa shape index (κ1) is 25.7. The molecule has 0 fully saturated rings. The lowest BCUT2D eigenvalue weighted by molar-refractivity contribution is -0.144. The number of carbonyl (C=O) groups is 1. The van der Waals surface area contributed by atoms with Crippen LogP contribution in [0, 0.1) is 11.8 Å². The first-order valence-corrected chi connectivity index (χ1v) is 11.8. The monoisotopic (exact) mass is 471 g/mol. The van der Waals surface area contributed by atoms with Crippen LogP contribution >= 0.6 is 0 Å². The van der Waals surface area contributed by atoms with Gasteiger partial charge in [-0.05, 0) is 81.4 Å². The second kappa shape index (κ2) is 12.0. The van der Waals surface area contributed by atoms with Crippen molar-refractivity contribution in [2.75, 3.05) is 48.6 Å². The number of nitrogens with zero attached hydrogens (tertiary/aromatic N) is 1. The van der Waals surface area contributed by atoms with Crippen LogP contribution in [0.1, 0.15) is 29.5 Å². The third-order valence-electron chi connectivity index (χ3n) is 6.95. The highest BCUT2D eigenvalue weighted by atomic mass is 16.5. The van der Waals surface area contributed by atoms with Crippen LogP contribution in [0.25, 0.3) is 0 Å². The molecule has 2 unspecified atom stereocenters. The van der Waals surface area contributed by atoms with Crippen molar-refractivity contribution < 1.29 is 28.8 Å². The van der Waals surface area contributed by atoms with Crippen LogP contribution < -0.4 is 18.9 Å². The second-order valence-electron chi connectivity index (χ2n) is 8.91. The normalized spacial score (nSPS) is 16.0. The molecule has 1 N–H and O–H groups in total. The van der Waals surface area contributed by atoms with E-state index in [4.69, 9.17) is 18.9 Å². The lowest BCUT2D eigenvalue weighted by atomic mass is 9.75. The van der Waals surface area contributed by atoms with Gasteiger partial charge in [0.2, 0.25) is 0 Å². The van der Waals surface area contributed by atoms with E-state index in [2.05, 4.69) is 4.90 Å². The molecule has 186 valence electrons. The van der Waals surface area contributed by atoms with Crippen LogP contribution in [0.2, 0.25) is 0 Å². The van der Waals surface area contributed by atoms with E-state index >= 15 is 0 Å². The molecule has 1 aliphatic rings. The number of methoxy groups -OCH3 is 4. The van der Waals surface area contributed by atoms with Gasteiger partial charge in [-0.25, -0.2) is 0 Å². The average Bonchev–Trinajstić information content (AvgIpc) is 2.86. The van der Waals surface area contributed by atoms with Gasteiger partial charge >= 0.3 is 5.97 Å². The Labute approximate surface area is 202 Å². The van der Waals surface area contributed by atoms with E-state index in [0.29, 0.717) is 18.6 Å². The molecule has 2 aromatic rings. The average molecular weight is 472 g/mol. The molecule has 0 spiro atoms. The van der Waals surface area contributed by atoms with Gasteiger partial charge < -0.3 is 29.0 Å². The molecule has 0 amide bonds. The molecule has 0 bridgehead atoms. The predicted octanol–water partition coefficient (Wildman–Crippen LogP) is 4.09. The maximum Gasteiger partial charge on any atom is 0.306 e. The van der Waals surface area contributed by atoms with Gasteiger partial charge in [0.25, 0.3) is 0 Å². The molecule has 0 aromatic heterocycles. The summed E-state index contributed by atoms with van der Waals surface area (Å²) in [5.74, 6) is 2.07. The molecule has 34 heavy (non-hydrogen) atoms. The highest BCUT2D eigenvalue weighted by molar-refractivity contribution is 5.70. The largest absolute Gasteiger partial charge is 0.496 e. The molecule has 0 saturated carbocycles. The number of fused-ring (bicyclic) bond motifs is 1. The Hall–Kier alpha value is -2.93. The lowest BCUT2D eigenvalue weighted by Crippen LogP contribution is -2.33. The molecule has 2 aromatic carbocycles. The van der Waals surface area contributed by atoms with Gasteiger partial charge in [-0.15, -0.1) is 0 Å². The van der Waals surface area contributed by atoms with Crippen LogP contribution in [0.5, 0.6) is 23.0 Å². The predicted molar refractivity (Wildman–Crippen MR) is 132 cm³/mol. The zero-order chi connectivity index (χ0) is 24.7. The summed E-state index contributed by atoms with van der Waals surface area (Å²) in [7, 11) is 8.64. The van der Waals surface area contributed by atoms with E-state index < -0.39 is 11.9 Å². The number of likely N-dealkylation sites (N-methyl/N-ethyl adjacent to an activating group) is 1. The summed E-state index contributed by atoms with van der Waals surface area (Å²) >= 11 is 0. The Morgan fingerprint density at radius 1 is 0.941 bits per heavy atom. The molecule has 7 heteroatoms. The summed E-state index contributed by atoms with van der Waals surface area (Å²) in [5, 5.41) is 10.0. The molecule has 0 heterocycles. The zero-order valence-corrected chi connectivity index (χ0v) is 20.9.